The molecule has 1 aliphatic heterocycles. The molecule has 1 aliphatic rings. The van der Waals surface area contributed by atoms with E-state index in [1.54, 1.807) is 24.3 Å². The van der Waals surface area contributed by atoms with E-state index in [9.17, 15) is 14.7 Å². The second kappa shape index (κ2) is 12.3. The molecule has 5 rings (SSSR count). The van der Waals surface area contributed by atoms with Crippen LogP contribution in [0.15, 0.2) is 93.1 Å². The summed E-state index contributed by atoms with van der Waals surface area (Å²) in [6.45, 7) is 2.68. The second-order valence-corrected chi connectivity index (χ2v) is 11.1. The summed E-state index contributed by atoms with van der Waals surface area (Å²) in [6.07, 6.45) is 4.44. The first-order valence-corrected chi connectivity index (χ1v) is 14.4. The number of ketones is 1. The van der Waals surface area contributed by atoms with E-state index >= 15 is 0 Å². The Morgan fingerprint density at radius 2 is 1.95 bits per heavy atom. The Bertz CT molecular complexity index is 1470. The smallest absolute Gasteiger partial charge is 0.296 e. The molecule has 8 nitrogen and oxygen atoms in total. The second-order valence-electron chi connectivity index (χ2n) is 8.90. The molecule has 2 aromatic carbocycles. The first-order valence-electron chi connectivity index (χ1n) is 12.6. The molecule has 39 heavy (non-hydrogen) atoms. The lowest BCUT2D eigenvalue weighted by molar-refractivity contribution is -0.117. The van der Waals surface area contributed by atoms with E-state index in [-0.39, 0.29) is 16.5 Å². The zero-order valence-corrected chi connectivity index (χ0v) is 22.9. The number of aromatic nitrogens is 2. The summed E-state index contributed by atoms with van der Waals surface area (Å²) < 4.78 is 11.9. The maximum absolute atomic E-state index is 13.5. The fraction of sp³-hybridized carbons (Fsp3) is 0.241. The topological polar surface area (TPSA) is 106 Å². The standard InChI is InChI=1S/C29H27N3O5S2/c1-2-3-7-15-36-21-13-8-12-20(17-21)24-23(25(33)22-14-9-16-37-22)26(34)27(35)32(24)28-30-31-29(39-28)38-18-19-10-5-4-6-11-19/h4-6,8-14,16-17,24,34H,2-3,7,15,18H2,1H3. The number of hydrogen-bond donors (Lipinski definition) is 1. The van der Waals surface area contributed by atoms with Crippen molar-refractivity contribution in [2.75, 3.05) is 11.5 Å². The number of Topliss-reactive ketones (excluding diaryl/α,β-unsaturated/α-hetero) is 1. The van der Waals surface area contributed by atoms with Gasteiger partial charge in [0.2, 0.25) is 10.9 Å². The van der Waals surface area contributed by atoms with Gasteiger partial charge in [-0.1, -0.05) is 85.3 Å². The third kappa shape index (κ3) is 5.91. The van der Waals surface area contributed by atoms with E-state index < -0.39 is 23.5 Å². The average Bonchev–Trinajstić information content (AvgIpc) is 3.71. The Hall–Kier alpha value is -3.89. The van der Waals surface area contributed by atoms with Crippen LogP contribution in [-0.4, -0.2) is 33.6 Å². The van der Waals surface area contributed by atoms with Gasteiger partial charge in [-0.3, -0.25) is 14.5 Å². The number of carbonyl (C=O) groups is 2. The average molecular weight is 562 g/mol. The Morgan fingerprint density at radius 3 is 2.72 bits per heavy atom. The summed E-state index contributed by atoms with van der Waals surface area (Å²) in [7, 11) is 0. The molecule has 200 valence electrons. The van der Waals surface area contributed by atoms with Crippen molar-refractivity contribution >= 4 is 39.9 Å². The number of hydrogen-bond acceptors (Lipinski definition) is 9. The number of aliphatic hydroxyl groups is 1. The number of unbranched alkanes of at least 4 members (excludes halogenated alkanes) is 2. The minimum atomic E-state index is -0.936. The van der Waals surface area contributed by atoms with E-state index in [1.807, 2.05) is 36.4 Å². The van der Waals surface area contributed by atoms with Gasteiger partial charge < -0.3 is 14.3 Å². The van der Waals surface area contributed by atoms with Crippen molar-refractivity contribution < 1.29 is 23.8 Å². The zero-order valence-electron chi connectivity index (χ0n) is 21.3. The summed E-state index contributed by atoms with van der Waals surface area (Å²) >= 11 is 2.73. The number of nitrogens with zero attached hydrogens (tertiary/aromatic N) is 3. The highest BCUT2D eigenvalue weighted by Gasteiger charge is 2.46. The van der Waals surface area contributed by atoms with Crippen molar-refractivity contribution in [1.29, 1.82) is 0 Å². The predicted octanol–water partition coefficient (Wildman–Crippen LogP) is 6.78. The Labute approximate surface area is 234 Å². The van der Waals surface area contributed by atoms with Gasteiger partial charge in [-0.15, -0.1) is 10.2 Å². The number of ether oxygens (including phenoxy) is 1. The molecule has 10 heteroatoms. The van der Waals surface area contributed by atoms with Gasteiger partial charge in [0, 0.05) is 5.75 Å². The van der Waals surface area contributed by atoms with E-state index in [2.05, 4.69) is 17.1 Å². The summed E-state index contributed by atoms with van der Waals surface area (Å²) in [4.78, 5) is 28.2. The highest BCUT2D eigenvalue weighted by atomic mass is 32.2. The van der Waals surface area contributed by atoms with Gasteiger partial charge in [-0.05, 0) is 41.8 Å². The van der Waals surface area contributed by atoms with Crippen LogP contribution in [0.1, 0.15) is 53.9 Å². The fourth-order valence-electron chi connectivity index (χ4n) is 4.28. The van der Waals surface area contributed by atoms with Crippen molar-refractivity contribution in [3.05, 3.63) is 101 Å². The molecule has 4 aromatic rings. The molecule has 1 unspecified atom stereocenters. The van der Waals surface area contributed by atoms with Gasteiger partial charge in [0.05, 0.1) is 24.5 Å². The number of benzene rings is 2. The summed E-state index contributed by atoms with van der Waals surface area (Å²) in [6, 6.07) is 19.3. The number of thioether (sulfide) groups is 1. The van der Waals surface area contributed by atoms with Crippen LogP contribution < -0.4 is 9.64 Å². The van der Waals surface area contributed by atoms with Crippen LogP contribution in [0.25, 0.3) is 0 Å². The molecule has 1 atom stereocenters. The molecule has 0 radical (unpaired) electrons. The Balaban J connectivity index is 1.47. The lowest BCUT2D eigenvalue weighted by atomic mass is 9.95. The van der Waals surface area contributed by atoms with Gasteiger partial charge in [-0.25, -0.2) is 0 Å². The quantitative estimate of drug-likeness (QED) is 0.0874. The molecule has 0 bridgehead atoms. The monoisotopic (exact) mass is 561 g/mol. The number of aliphatic hydroxyl groups excluding tert-OH is 1. The number of rotatable bonds is 12. The molecule has 0 aliphatic carbocycles. The summed E-state index contributed by atoms with van der Waals surface area (Å²) in [5.41, 5.74) is 1.66. The van der Waals surface area contributed by atoms with Gasteiger partial charge in [0.1, 0.15) is 5.75 Å². The predicted molar refractivity (Wildman–Crippen MR) is 150 cm³/mol. The molecule has 0 saturated carbocycles. The zero-order chi connectivity index (χ0) is 27.2. The van der Waals surface area contributed by atoms with E-state index in [1.165, 1.54) is 40.3 Å². The lowest BCUT2D eigenvalue weighted by Crippen LogP contribution is -2.31. The molecule has 1 N–H and O–H groups in total. The van der Waals surface area contributed by atoms with Crippen molar-refractivity contribution in [2.45, 2.75) is 42.3 Å². The molecule has 3 heterocycles. The highest BCUT2D eigenvalue weighted by Crippen LogP contribution is 2.44. The minimum Gasteiger partial charge on any atom is -0.503 e. The van der Waals surface area contributed by atoms with Crippen molar-refractivity contribution in [1.82, 2.24) is 10.2 Å². The van der Waals surface area contributed by atoms with Crippen molar-refractivity contribution in [3.63, 3.8) is 0 Å². The van der Waals surface area contributed by atoms with Crippen LogP contribution in [0.4, 0.5) is 5.13 Å². The first kappa shape index (κ1) is 26.7. The van der Waals surface area contributed by atoms with Gasteiger partial charge in [0.15, 0.2) is 15.9 Å². The minimum absolute atomic E-state index is 0.0274. The number of furan rings is 1. The van der Waals surface area contributed by atoms with Crippen molar-refractivity contribution in [2.24, 2.45) is 0 Å². The lowest BCUT2D eigenvalue weighted by Gasteiger charge is -2.24. The van der Waals surface area contributed by atoms with Crippen LogP contribution in [0, 0.1) is 0 Å². The molecule has 1 amide bonds. The van der Waals surface area contributed by atoms with Gasteiger partial charge in [0.25, 0.3) is 5.91 Å². The normalized spacial score (nSPS) is 15.3. The summed E-state index contributed by atoms with van der Waals surface area (Å²) in [5.74, 6) is -0.598. The van der Waals surface area contributed by atoms with Crippen LogP contribution >= 0.6 is 23.1 Å². The first-order chi connectivity index (χ1) is 19.1. The largest absolute Gasteiger partial charge is 0.503 e. The maximum Gasteiger partial charge on any atom is 0.296 e. The number of carbonyl (C=O) groups excluding carboxylic acids is 2. The molecule has 2 aromatic heterocycles. The number of amides is 1. The number of anilines is 1. The van der Waals surface area contributed by atoms with Gasteiger partial charge in [-0.2, -0.15) is 0 Å². The van der Waals surface area contributed by atoms with Crippen molar-refractivity contribution in [3.8, 4) is 5.75 Å². The van der Waals surface area contributed by atoms with Crippen LogP contribution in [-0.2, 0) is 10.5 Å². The molecule has 0 fully saturated rings. The SMILES string of the molecule is CCCCCOc1cccc(C2C(C(=O)c3ccco3)=C(O)C(=O)N2c2nnc(SCc3ccccc3)s2)c1. The molecular formula is C29H27N3O5S2. The third-order valence-electron chi connectivity index (χ3n) is 6.20. The van der Waals surface area contributed by atoms with Crippen LogP contribution in [0.2, 0.25) is 0 Å². The van der Waals surface area contributed by atoms with Crippen LogP contribution in [0.3, 0.4) is 0 Å². The Kier molecular flexibility index (Phi) is 8.43. The van der Waals surface area contributed by atoms with E-state index in [4.69, 9.17) is 9.15 Å². The highest BCUT2D eigenvalue weighted by molar-refractivity contribution is 8.00. The van der Waals surface area contributed by atoms with E-state index in [0.29, 0.717) is 28.0 Å². The molecule has 0 saturated heterocycles. The maximum atomic E-state index is 13.5. The Morgan fingerprint density at radius 1 is 1.10 bits per heavy atom. The fourth-order valence-corrected chi connectivity index (χ4v) is 6.11. The molecular weight excluding hydrogens is 534 g/mol. The van der Waals surface area contributed by atoms with Gasteiger partial charge >= 0.3 is 0 Å². The summed E-state index contributed by atoms with van der Waals surface area (Å²) in [5, 5.41) is 19.8. The molecule has 0 spiro atoms. The van der Waals surface area contributed by atoms with Crippen LogP contribution in [0.5, 0.6) is 5.75 Å². The van der Waals surface area contributed by atoms with E-state index in [0.717, 1.165) is 24.8 Å². The third-order valence-corrected chi connectivity index (χ3v) is 8.32.